The summed E-state index contributed by atoms with van der Waals surface area (Å²) in [6.07, 6.45) is 4.67. The molecule has 0 bridgehead atoms. The number of carbonyl (C=O) groups excluding carboxylic acids is 1. The summed E-state index contributed by atoms with van der Waals surface area (Å²) in [5.74, 6) is 2.46. The van der Waals surface area contributed by atoms with Crippen molar-refractivity contribution in [2.45, 2.75) is 0 Å². The van der Waals surface area contributed by atoms with Crippen LogP contribution in [-0.4, -0.2) is 60.8 Å². The van der Waals surface area contributed by atoms with E-state index in [-0.39, 0.29) is 12.7 Å². The molecule has 8 nitrogen and oxygen atoms in total. The molecule has 1 aromatic carbocycles. The second-order valence-electron chi connectivity index (χ2n) is 6.49. The first-order valence-corrected chi connectivity index (χ1v) is 8.82. The highest BCUT2D eigenvalue weighted by molar-refractivity contribution is 6.01. The van der Waals surface area contributed by atoms with Gasteiger partial charge in [-0.15, -0.1) is 0 Å². The lowest BCUT2D eigenvalue weighted by Crippen LogP contribution is -2.44. The van der Waals surface area contributed by atoms with Crippen molar-refractivity contribution in [1.82, 2.24) is 14.9 Å². The Labute approximate surface area is 157 Å². The summed E-state index contributed by atoms with van der Waals surface area (Å²) in [6.45, 7) is 4.02. The third-order valence-electron chi connectivity index (χ3n) is 4.55. The van der Waals surface area contributed by atoms with Crippen LogP contribution in [0.15, 0.2) is 36.7 Å². The predicted octanol–water partition coefficient (Wildman–Crippen LogP) is 1.61. The summed E-state index contributed by atoms with van der Waals surface area (Å²) in [4.78, 5) is 25.2. The van der Waals surface area contributed by atoms with Crippen LogP contribution < -0.4 is 19.7 Å². The van der Waals surface area contributed by atoms with Gasteiger partial charge in [-0.05, 0) is 30.8 Å². The average Bonchev–Trinajstić information content (AvgIpc) is 3.15. The van der Waals surface area contributed by atoms with Crippen LogP contribution in [0.2, 0.25) is 0 Å². The Morgan fingerprint density at radius 2 is 1.93 bits per heavy atom. The summed E-state index contributed by atoms with van der Waals surface area (Å²) < 4.78 is 10.6. The molecule has 8 heteroatoms. The number of amides is 1. The molecule has 0 spiro atoms. The molecule has 3 heterocycles. The van der Waals surface area contributed by atoms with Crippen molar-refractivity contribution in [3.05, 3.63) is 42.2 Å². The number of aromatic nitrogens is 2. The number of anilines is 2. The zero-order chi connectivity index (χ0) is 18.6. The number of hydrogen-bond donors (Lipinski definition) is 1. The minimum Gasteiger partial charge on any atom is -0.454 e. The lowest BCUT2D eigenvalue weighted by Gasteiger charge is -2.33. The maximum atomic E-state index is 12.2. The summed E-state index contributed by atoms with van der Waals surface area (Å²) in [7, 11) is 2.11. The molecular weight excluding hydrogens is 346 g/mol. The number of ether oxygens (including phenoxy) is 2. The van der Waals surface area contributed by atoms with Gasteiger partial charge in [0.15, 0.2) is 11.5 Å². The molecule has 2 aliphatic heterocycles. The van der Waals surface area contributed by atoms with Crippen LogP contribution in [-0.2, 0) is 4.79 Å². The molecule has 1 aromatic heterocycles. The summed E-state index contributed by atoms with van der Waals surface area (Å²) in [5.41, 5.74) is 0.857. The lowest BCUT2D eigenvalue weighted by molar-refractivity contribution is -0.111. The van der Waals surface area contributed by atoms with Gasteiger partial charge in [0.05, 0.1) is 0 Å². The van der Waals surface area contributed by atoms with Gasteiger partial charge in [-0.3, -0.25) is 4.79 Å². The quantitative estimate of drug-likeness (QED) is 0.823. The van der Waals surface area contributed by atoms with Gasteiger partial charge in [-0.25, -0.2) is 9.97 Å². The topological polar surface area (TPSA) is 79.8 Å². The zero-order valence-corrected chi connectivity index (χ0v) is 15.1. The minimum atomic E-state index is -0.254. The van der Waals surface area contributed by atoms with Crippen molar-refractivity contribution in [1.29, 1.82) is 0 Å². The van der Waals surface area contributed by atoms with Crippen molar-refractivity contribution in [2.75, 3.05) is 50.2 Å². The highest BCUT2D eigenvalue weighted by Gasteiger charge is 2.16. The fourth-order valence-electron chi connectivity index (χ4n) is 2.98. The smallest absolute Gasteiger partial charge is 0.249 e. The fraction of sp³-hybridized carbons (Fsp3) is 0.316. The van der Waals surface area contributed by atoms with E-state index in [4.69, 9.17) is 9.47 Å². The van der Waals surface area contributed by atoms with E-state index in [1.54, 1.807) is 12.1 Å². The normalized spacial score (nSPS) is 16.7. The van der Waals surface area contributed by atoms with E-state index in [1.165, 1.54) is 12.4 Å². The number of likely N-dealkylation sites (N-methyl/N-ethyl adjacent to an activating group) is 1. The van der Waals surface area contributed by atoms with Crippen LogP contribution in [0.3, 0.4) is 0 Å². The molecule has 0 atom stereocenters. The first-order valence-electron chi connectivity index (χ1n) is 8.82. The second-order valence-corrected chi connectivity index (χ2v) is 6.49. The Morgan fingerprint density at radius 1 is 1.11 bits per heavy atom. The average molecular weight is 367 g/mol. The van der Waals surface area contributed by atoms with Crippen LogP contribution in [0, 0.1) is 0 Å². The van der Waals surface area contributed by atoms with E-state index >= 15 is 0 Å². The monoisotopic (exact) mass is 367 g/mol. The third kappa shape index (κ3) is 4.17. The van der Waals surface area contributed by atoms with E-state index in [9.17, 15) is 4.79 Å². The molecule has 27 heavy (non-hydrogen) atoms. The van der Waals surface area contributed by atoms with E-state index in [1.807, 2.05) is 18.2 Å². The molecule has 0 aliphatic carbocycles. The number of fused-ring (bicyclic) bond motifs is 1. The summed E-state index contributed by atoms with van der Waals surface area (Å²) >= 11 is 0. The number of benzene rings is 1. The number of nitrogens with zero attached hydrogens (tertiary/aromatic N) is 4. The SMILES string of the molecule is CN1CCN(c2cc(NC(=O)/C=C/c3ccc4c(c3)OCO4)ncn2)CC1. The Bertz CT molecular complexity index is 862. The maximum Gasteiger partial charge on any atom is 0.249 e. The first-order chi connectivity index (χ1) is 13.2. The van der Waals surface area contributed by atoms with Crippen LogP contribution in [0.5, 0.6) is 11.5 Å². The van der Waals surface area contributed by atoms with E-state index in [0.717, 1.165) is 37.6 Å². The van der Waals surface area contributed by atoms with E-state index < -0.39 is 0 Å². The largest absolute Gasteiger partial charge is 0.454 e. The van der Waals surface area contributed by atoms with Crippen LogP contribution >= 0.6 is 0 Å². The van der Waals surface area contributed by atoms with Gasteiger partial charge in [-0.2, -0.15) is 0 Å². The van der Waals surface area contributed by atoms with Gasteiger partial charge in [0.25, 0.3) is 0 Å². The molecule has 2 aromatic rings. The van der Waals surface area contributed by atoms with E-state index in [0.29, 0.717) is 17.3 Å². The van der Waals surface area contributed by atoms with Crippen molar-refractivity contribution >= 4 is 23.6 Å². The summed E-state index contributed by atoms with van der Waals surface area (Å²) in [6, 6.07) is 7.33. The molecule has 1 N–H and O–H groups in total. The minimum absolute atomic E-state index is 0.229. The standard InChI is InChI=1S/C19H21N5O3/c1-23-6-8-24(9-7-23)18-11-17(20-12-21-18)22-19(25)5-3-14-2-4-15-16(10-14)27-13-26-15/h2-5,10-12H,6-9,13H2,1H3,(H,20,21,22,25)/b5-3+. The number of piperazine rings is 1. The molecule has 2 aliphatic rings. The number of carbonyl (C=O) groups is 1. The number of nitrogens with one attached hydrogen (secondary N) is 1. The van der Waals surface area contributed by atoms with Gasteiger partial charge in [0.1, 0.15) is 18.0 Å². The molecule has 0 unspecified atom stereocenters. The molecular formula is C19H21N5O3. The molecule has 1 fully saturated rings. The Balaban J connectivity index is 1.38. The first kappa shape index (κ1) is 17.3. The van der Waals surface area contributed by atoms with Crippen molar-refractivity contribution in [3.63, 3.8) is 0 Å². The molecule has 4 rings (SSSR count). The highest BCUT2D eigenvalue weighted by Crippen LogP contribution is 2.32. The van der Waals surface area contributed by atoms with Crippen LogP contribution in [0.1, 0.15) is 5.56 Å². The molecule has 1 saturated heterocycles. The fourth-order valence-corrected chi connectivity index (χ4v) is 2.98. The Hall–Kier alpha value is -3.13. The Kier molecular flexibility index (Phi) is 4.88. The number of hydrogen-bond acceptors (Lipinski definition) is 7. The predicted molar refractivity (Wildman–Crippen MR) is 102 cm³/mol. The second kappa shape index (κ2) is 7.63. The lowest BCUT2D eigenvalue weighted by atomic mass is 10.2. The van der Waals surface area contributed by atoms with Gasteiger partial charge in [0.2, 0.25) is 12.7 Å². The third-order valence-corrected chi connectivity index (χ3v) is 4.55. The van der Waals surface area contributed by atoms with Crippen molar-refractivity contribution in [3.8, 4) is 11.5 Å². The summed E-state index contributed by atoms with van der Waals surface area (Å²) in [5, 5.41) is 2.78. The van der Waals surface area contributed by atoms with Crippen LogP contribution in [0.4, 0.5) is 11.6 Å². The Morgan fingerprint density at radius 3 is 2.78 bits per heavy atom. The molecule has 0 saturated carbocycles. The van der Waals surface area contributed by atoms with Crippen LogP contribution in [0.25, 0.3) is 6.08 Å². The van der Waals surface area contributed by atoms with Gasteiger partial charge in [-0.1, -0.05) is 6.07 Å². The van der Waals surface area contributed by atoms with E-state index in [2.05, 4.69) is 32.1 Å². The van der Waals surface area contributed by atoms with Crippen molar-refractivity contribution < 1.29 is 14.3 Å². The maximum absolute atomic E-state index is 12.2. The molecule has 0 radical (unpaired) electrons. The zero-order valence-electron chi connectivity index (χ0n) is 15.1. The number of rotatable bonds is 4. The van der Waals surface area contributed by atoms with Gasteiger partial charge >= 0.3 is 0 Å². The van der Waals surface area contributed by atoms with Gasteiger partial charge < -0.3 is 24.6 Å². The molecule has 140 valence electrons. The van der Waals surface area contributed by atoms with Crippen molar-refractivity contribution in [2.24, 2.45) is 0 Å². The highest BCUT2D eigenvalue weighted by atomic mass is 16.7. The van der Waals surface area contributed by atoms with Gasteiger partial charge in [0, 0.05) is 38.3 Å². The molecule has 1 amide bonds.